The zero-order valence-electron chi connectivity index (χ0n) is 23.5. The molecule has 3 rings (SSSR count). The van der Waals surface area contributed by atoms with E-state index in [0.717, 1.165) is 6.29 Å². The van der Waals surface area contributed by atoms with Gasteiger partial charge in [-0.25, -0.2) is 15.1 Å². The molecule has 1 N–H and O–H groups in total. The van der Waals surface area contributed by atoms with E-state index in [-0.39, 0.29) is 18.8 Å². The number of methoxy groups -OCH3 is 2. The fourth-order valence-electron chi connectivity index (χ4n) is 3.15. The summed E-state index contributed by atoms with van der Waals surface area (Å²) in [4.78, 5) is 24.1. The highest BCUT2D eigenvalue weighted by atomic mass is 35.5. The fourth-order valence-corrected chi connectivity index (χ4v) is 4.46. The van der Waals surface area contributed by atoms with Crippen molar-refractivity contribution in [3.05, 3.63) is 41.9 Å². The molecule has 0 aliphatic heterocycles. The van der Waals surface area contributed by atoms with Crippen molar-refractivity contribution in [3.63, 3.8) is 0 Å². The molecule has 4 atom stereocenters. The molecule has 4 unspecified atom stereocenters. The van der Waals surface area contributed by atoms with Gasteiger partial charge in [0.2, 0.25) is 5.88 Å². The number of ether oxygens (including phenoxy) is 3. The number of carbonyl (C=O) groups is 1. The van der Waals surface area contributed by atoms with E-state index in [1.165, 1.54) is 6.33 Å². The molecule has 1 aromatic carbocycles. The Morgan fingerprint density at radius 3 is 2.36 bits per heavy atom. The third-order valence-electron chi connectivity index (χ3n) is 5.38. The molecule has 216 valence electrons. The number of nitrogens with one attached hydrogen (secondary N) is 1. The molecule has 3 aromatic rings. The van der Waals surface area contributed by atoms with E-state index in [2.05, 4.69) is 27.0 Å². The number of nitrogens with zero attached hydrogens (tertiary/aromatic N) is 4. The number of imidazole rings is 1. The number of hydrogen-bond acceptors (Lipinski definition) is 10. The summed E-state index contributed by atoms with van der Waals surface area (Å²) < 4.78 is 29.9. The Labute approximate surface area is 236 Å². The molecule has 0 spiro atoms. The molecule has 0 saturated heterocycles. The van der Waals surface area contributed by atoms with Crippen molar-refractivity contribution >= 4 is 37.6 Å². The van der Waals surface area contributed by atoms with Crippen LogP contribution in [0.15, 0.2) is 36.9 Å². The Kier molecular flexibility index (Phi) is 14.6. The summed E-state index contributed by atoms with van der Waals surface area (Å²) in [5.74, 6) is 1.04. The van der Waals surface area contributed by atoms with Gasteiger partial charge in [0, 0.05) is 25.3 Å². The number of benzene rings is 1. The first-order valence-electron chi connectivity index (χ1n) is 12.7. The van der Waals surface area contributed by atoms with Crippen LogP contribution in [0.25, 0.3) is 11.2 Å². The van der Waals surface area contributed by atoms with E-state index >= 15 is 0 Å². The van der Waals surface area contributed by atoms with E-state index in [1.54, 1.807) is 51.7 Å². The van der Waals surface area contributed by atoms with Gasteiger partial charge in [-0.2, -0.15) is 4.98 Å². The Hall–Kier alpha value is -2.40. The summed E-state index contributed by atoms with van der Waals surface area (Å²) in [5, 5.41) is 3.65. The van der Waals surface area contributed by atoms with Gasteiger partial charge in [-0.3, -0.25) is 0 Å². The lowest BCUT2D eigenvalue weighted by molar-refractivity contribution is -0.108. The maximum absolute atomic E-state index is 11.1. The Bertz CT molecular complexity index is 1120. The average Bonchev–Trinajstić information content (AvgIpc) is 3.37. The van der Waals surface area contributed by atoms with Crippen LogP contribution in [-0.2, 0) is 18.8 Å². The molecule has 11 nitrogen and oxygen atoms in total. The summed E-state index contributed by atoms with van der Waals surface area (Å²) in [7, 11) is 1.73. The first kappa shape index (κ1) is 32.8. The summed E-state index contributed by atoms with van der Waals surface area (Å²) in [6, 6.07) is 6.51. The van der Waals surface area contributed by atoms with Gasteiger partial charge in [0.15, 0.2) is 11.2 Å². The van der Waals surface area contributed by atoms with E-state index in [9.17, 15) is 4.79 Å². The summed E-state index contributed by atoms with van der Waals surface area (Å²) in [6.45, 7) is 10.4. The molecular formula is C26H39ClN5O6P. The average molecular weight is 584 g/mol. The van der Waals surface area contributed by atoms with Crippen molar-refractivity contribution in [2.24, 2.45) is 0 Å². The van der Waals surface area contributed by atoms with Gasteiger partial charge in [-0.15, -0.1) is 0 Å². The zero-order valence-corrected chi connectivity index (χ0v) is 25.2. The van der Waals surface area contributed by atoms with Crippen LogP contribution in [0.5, 0.6) is 11.6 Å². The topological polar surface area (TPSA) is 119 Å². The Morgan fingerprint density at radius 1 is 1.08 bits per heavy atom. The fraction of sp³-hybridized carbons (Fsp3) is 0.538. The molecular weight excluding hydrogens is 545 g/mol. The van der Waals surface area contributed by atoms with Gasteiger partial charge < -0.3 is 32.6 Å². The molecule has 0 bridgehead atoms. The second-order valence-corrected chi connectivity index (χ2v) is 10.5. The molecule has 0 aliphatic rings. The summed E-state index contributed by atoms with van der Waals surface area (Å²) in [5.41, 5.74) is 1.31. The van der Waals surface area contributed by atoms with Gasteiger partial charge in [0.1, 0.15) is 18.4 Å². The molecule has 0 radical (unpaired) electrons. The minimum atomic E-state index is -1.60. The SMILES string of the molecule is CCOc1ncnc2c1ncn2C(C)CC(COP(NC(C)C=O)Oc1ccc(Cl)cc1)OC.COC(C)C. The van der Waals surface area contributed by atoms with Crippen LogP contribution in [0.3, 0.4) is 0 Å². The largest absolute Gasteiger partial charge is 0.476 e. The van der Waals surface area contributed by atoms with E-state index < -0.39 is 14.6 Å². The number of aromatic nitrogens is 4. The van der Waals surface area contributed by atoms with Crippen LogP contribution < -0.4 is 14.3 Å². The minimum Gasteiger partial charge on any atom is -0.476 e. The van der Waals surface area contributed by atoms with Gasteiger partial charge in [0.25, 0.3) is 0 Å². The normalized spacial score (nSPS) is 14.3. The number of fused-ring (bicyclic) bond motifs is 1. The number of halogens is 1. The molecule has 13 heteroatoms. The van der Waals surface area contributed by atoms with E-state index in [4.69, 9.17) is 34.9 Å². The van der Waals surface area contributed by atoms with Gasteiger partial charge >= 0.3 is 8.53 Å². The van der Waals surface area contributed by atoms with E-state index in [0.29, 0.717) is 46.9 Å². The van der Waals surface area contributed by atoms with Crippen molar-refractivity contribution in [1.29, 1.82) is 0 Å². The maximum Gasteiger partial charge on any atom is 0.318 e. The molecule has 39 heavy (non-hydrogen) atoms. The van der Waals surface area contributed by atoms with E-state index in [1.807, 2.05) is 25.3 Å². The smallest absolute Gasteiger partial charge is 0.318 e. The summed E-state index contributed by atoms with van der Waals surface area (Å²) >= 11 is 5.95. The second kappa shape index (κ2) is 17.3. The van der Waals surface area contributed by atoms with Crippen LogP contribution in [0.2, 0.25) is 5.02 Å². The van der Waals surface area contributed by atoms with Gasteiger partial charge in [0.05, 0.1) is 37.8 Å². The molecule has 2 aromatic heterocycles. The summed E-state index contributed by atoms with van der Waals surface area (Å²) in [6.07, 6.45) is 4.76. The third kappa shape index (κ3) is 10.9. The lowest BCUT2D eigenvalue weighted by Gasteiger charge is -2.24. The van der Waals surface area contributed by atoms with Crippen LogP contribution in [-0.4, -0.2) is 71.5 Å². The number of aldehydes is 1. The van der Waals surface area contributed by atoms with Crippen LogP contribution in [0.1, 0.15) is 47.1 Å². The number of rotatable bonds is 15. The first-order chi connectivity index (χ1) is 18.7. The van der Waals surface area contributed by atoms with Gasteiger partial charge in [-0.05, 0) is 65.3 Å². The monoisotopic (exact) mass is 583 g/mol. The highest BCUT2D eigenvalue weighted by molar-refractivity contribution is 7.45. The van der Waals surface area contributed by atoms with Crippen molar-refractivity contribution in [2.75, 3.05) is 27.4 Å². The molecule has 0 aliphatic carbocycles. The second-order valence-electron chi connectivity index (χ2n) is 8.81. The van der Waals surface area contributed by atoms with Gasteiger partial charge in [-0.1, -0.05) is 11.6 Å². The van der Waals surface area contributed by atoms with Crippen LogP contribution >= 0.6 is 20.1 Å². The van der Waals surface area contributed by atoms with Crippen molar-refractivity contribution < 1.29 is 28.1 Å². The zero-order chi connectivity index (χ0) is 28.8. The van der Waals surface area contributed by atoms with Crippen LogP contribution in [0.4, 0.5) is 0 Å². The lowest BCUT2D eigenvalue weighted by Crippen LogP contribution is -2.28. The molecule has 0 amide bonds. The van der Waals surface area contributed by atoms with Crippen molar-refractivity contribution in [1.82, 2.24) is 24.6 Å². The minimum absolute atomic E-state index is 0.00759. The predicted molar refractivity (Wildman–Crippen MR) is 152 cm³/mol. The predicted octanol–water partition coefficient (Wildman–Crippen LogP) is 5.39. The highest BCUT2D eigenvalue weighted by Crippen LogP contribution is 2.37. The third-order valence-corrected chi connectivity index (χ3v) is 7.01. The standard InChI is InChI=1S/C22H29ClN5O5P.C4H10O/c1-5-31-22-20-21(24-13-25-22)28(14-26-20)16(3)10-19(30-4)12-32-34(27-15(2)11-29)33-18-8-6-17(23)7-9-18;1-4(2)5-3/h6-9,11,13-16,19,27H,5,10,12H2,1-4H3;4H,1-3H3. The lowest BCUT2D eigenvalue weighted by atomic mass is 10.1. The molecule has 0 saturated carbocycles. The molecule has 2 heterocycles. The highest BCUT2D eigenvalue weighted by Gasteiger charge is 2.22. The quantitative estimate of drug-likeness (QED) is 0.184. The first-order valence-corrected chi connectivity index (χ1v) is 14.2. The van der Waals surface area contributed by atoms with Crippen LogP contribution in [0, 0.1) is 0 Å². The van der Waals surface area contributed by atoms with Crippen molar-refractivity contribution in [3.8, 4) is 11.6 Å². The van der Waals surface area contributed by atoms with Crippen molar-refractivity contribution in [2.45, 2.75) is 65.3 Å². The molecule has 0 fully saturated rings. The Balaban J connectivity index is 0.000000976. The number of hydrogen-bond donors (Lipinski definition) is 1. The maximum atomic E-state index is 11.1. The number of carbonyl (C=O) groups excluding carboxylic acids is 1. The Morgan fingerprint density at radius 2 is 1.77 bits per heavy atom.